The van der Waals surface area contributed by atoms with E-state index >= 15 is 0 Å². The van der Waals surface area contributed by atoms with E-state index in [1.807, 2.05) is 6.92 Å². The molecule has 0 aliphatic heterocycles. The van der Waals surface area contributed by atoms with E-state index in [-0.39, 0.29) is 18.0 Å². The molecule has 2 aromatic rings. The molecule has 0 radical (unpaired) electrons. The summed E-state index contributed by atoms with van der Waals surface area (Å²) in [4.78, 5) is 12.0. The van der Waals surface area contributed by atoms with Crippen LogP contribution < -0.4 is 5.32 Å². The fraction of sp³-hybridized carbons (Fsp3) is 0.333. The van der Waals surface area contributed by atoms with E-state index in [1.54, 1.807) is 24.0 Å². The van der Waals surface area contributed by atoms with Crippen LogP contribution in [0.1, 0.15) is 30.6 Å². The van der Waals surface area contributed by atoms with Crippen molar-refractivity contribution in [3.8, 4) is 0 Å². The maximum Gasteiger partial charge on any atom is 0.225 e. The van der Waals surface area contributed by atoms with E-state index < -0.39 is 23.4 Å². The maximum atomic E-state index is 13.6. The number of nitrogens with zero attached hydrogens (tertiary/aromatic N) is 2. The second-order valence-electron chi connectivity index (χ2n) is 4.92. The van der Waals surface area contributed by atoms with Crippen LogP contribution in [0, 0.1) is 17.5 Å². The van der Waals surface area contributed by atoms with Gasteiger partial charge in [-0.15, -0.1) is 0 Å². The number of aromatic nitrogens is 2. The summed E-state index contributed by atoms with van der Waals surface area (Å²) in [6.45, 7) is 1.89. The minimum absolute atomic E-state index is 0.184. The Morgan fingerprint density at radius 2 is 2.00 bits per heavy atom. The molecule has 4 nitrogen and oxygen atoms in total. The third-order valence-electron chi connectivity index (χ3n) is 3.43. The monoisotopic (exact) mass is 311 g/mol. The molecule has 0 aliphatic rings. The Morgan fingerprint density at radius 3 is 2.59 bits per heavy atom. The Balaban J connectivity index is 2.10. The number of hydrogen-bond acceptors (Lipinski definition) is 2. The van der Waals surface area contributed by atoms with Gasteiger partial charge in [0, 0.05) is 18.8 Å². The van der Waals surface area contributed by atoms with Gasteiger partial charge in [0.15, 0.2) is 17.5 Å². The first kappa shape index (κ1) is 16.1. The number of hydrogen-bond donors (Lipinski definition) is 1. The van der Waals surface area contributed by atoms with Crippen molar-refractivity contribution in [1.29, 1.82) is 0 Å². The lowest BCUT2D eigenvalue weighted by molar-refractivity contribution is -0.121. The molecule has 0 bridgehead atoms. The number of carbonyl (C=O) groups excluding carboxylic acids is 1. The molecular weight excluding hydrogens is 295 g/mol. The fourth-order valence-corrected chi connectivity index (χ4v) is 2.23. The quantitative estimate of drug-likeness (QED) is 0.863. The molecule has 0 unspecified atom stereocenters. The highest BCUT2D eigenvalue weighted by Crippen LogP contribution is 2.18. The first-order valence-corrected chi connectivity index (χ1v) is 6.83. The largest absolute Gasteiger partial charge is 0.347 e. The summed E-state index contributed by atoms with van der Waals surface area (Å²) in [5, 5.41) is 6.76. The Kier molecular flexibility index (Phi) is 4.85. The smallest absolute Gasteiger partial charge is 0.225 e. The summed E-state index contributed by atoms with van der Waals surface area (Å²) in [7, 11) is 1.75. The second kappa shape index (κ2) is 6.64. The van der Waals surface area contributed by atoms with Crippen LogP contribution in [-0.4, -0.2) is 15.7 Å². The third kappa shape index (κ3) is 3.29. The lowest BCUT2D eigenvalue weighted by Crippen LogP contribution is -2.31. The average Bonchev–Trinajstić information content (AvgIpc) is 2.91. The molecule has 118 valence electrons. The van der Waals surface area contributed by atoms with Crippen LogP contribution in [0.5, 0.6) is 0 Å². The van der Waals surface area contributed by atoms with Crippen LogP contribution in [0.15, 0.2) is 24.4 Å². The van der Waals surface area contributed by atoms with Gasteiger partial charge in [0.05, 0.1) is 18.2 Å². The van der Waals surface area contributed by atoms with Crippen molar-refractivity contribution >= 4 is 5.91 Å². The van der Waals surface area contributed by atoms with Crippen molar-refractivity contribution < 1.29 is 18.0 Å². The topological polar surface area (TPSA) is 46.9 Å². The van der Waals surface area contributed by atoms with Crippen LogP contribution in [0.4, 0.5) is 13.2 Å². The molecule has 1 amide bonds. The van der Waals surface area contributed by atoms with Gasteiger partial charge >= 0.3 is 0 Å². The first-order chi connectivity index (χ1) is 10.4. The van der Waals surface area contributed by atoms with Crippen LogP contribution in [0.2, 0.25) is 0 Å². The van der Waals surface area contributed by atoms with E-state index in [2.05, 4.69) is 10.4 Å². The van der Waals surface area contributed by atoms with Crippen LogP contribution in [0.25, 0.3) is 0 Å². The van der Waals surface area contributed by atoms with Crippen LogP contribution >= 0.6 is 0 Å². The molecule has 1 heterocycles. The molecule has 0 spiro atoms. The van der Waals surface area contributed by atoms with Crippen molar-refractivity contribution in [3.63, 3.8) is 0 Å². The molecule has 0 saturated heterocycles. The lowest BCUT2D eigenvalue weighted by Gasteiger charge is -2.17. The minimum atomic E-state index is -1.57. The van der Waals surface area contributed by atoms with E-state index in [0.717, 1.165) is 17.8 Å². The number of aryl methyl sites for hydroxylation is 1. The van der Waals surface area contributed by atoms with Gasteiger partial charge in [-0.3, -0.25) is 9.48 Å². The van der Waals surface area contributed by atoms with Crippen LogP contribution in [-0.2, 0) is 18.3 Å². The zero-order valence-electron chi connectivity index (χ0n) is 12.2. The third-order valence-corrected chi connectivity index (χ3v) is 3.43. The average molecular weight is 311 g/mol. The number of halogens is 3. The number of nitrogens with one attached hydrogen (secondary N) is 1. The van der Waals surface area contributed by atoms with Gasteiger partial charge in [-0.05, 0) is 18.6 Å². The van der Waals surface area contributed by atoms with E-state index in [1.165, 1.54) is 0 Å². The van der Waals surface area contributed by atoms with Gasteiger partial charge in [0.2, 0.25) is 5.91 Å². The van der Waals surface area contributed by atoms with Gasteiger partial charge in [-0.2, -0.15) is 5.10 Å². The summed E-state index contributed by atoms with van der Waals surface area (Å²) >= 11 is 0. The first-order valence-electron chi connectivity index (χ1n) is 6.83. The Bertz CT molecular complexity index is 685. The molecule has 1 N–H and O–H groups in total. The highest BCUT2D eigenvalue weighted by atomic mass is 19.2. The van der Waals surface area contributed by atoms with Crippen LogP contribution in [0.3, 0.4) is 0 Å². The van der Waals surface area contributed by atoms with Crippen molar-refractivity contribution in [2.24, 2.45) is 7.05 Å². The minimum Gasteiger partial charge on any atom is -0.347 e. The molecule has 0 aliphatic carbocycles. The summed E-state index contributed by atoms with van der Waals surface area (Å²) in [6, 6.07) is 3.36. The molecule has 1 aromatic heterocycles. The van der Waals surface area contributed by atoms with Gasteiger partial charge in [-0.1, -0.05) is 13.0 Å². The molecule has 0 fully saturated rings. The number of rotatable bonds is 5. The molecule has 2 rings (SSSR count). The van der Waals surface area contributed by atoms with Crippen molar-refractivity contribution in [3.05, 3.63) is 53.1 Å². The van der Waals surface area contributed by atoms with E-state index in [4.69, 9.17) is 0 Å². The predicted octanol–water partition coefficient (Wildman–Crippen LogP) is 2.65. The molecule has 1 aromatic carbocycles. The summed E-state index contributed by atoms with van der Waals surface area (Å²) < 4.78 is 41.2. The Labute approximate surface area is 125 Å². The number of amides is 1. The highest BCUT2D eigenvalue weighted by molar-refractivity contribution is 5.79. The number of carbonyl (C=O) groups is 1. The van der Waals surface area contributed by atoms with Gasteiger partial charge in [-0.25, -0.2) is 13.2 Å². The van der Waals surface area contributed by atoms with Crippen molar-refractivity contribution in [1.82, 2.24) is 15.1 Å². The highest BCUT2D eigenvalue weighted by Gasteiger charge is 2.19. The molecule has 7 heteroatoms. The molecule has 22 heavy (non-hydrogen) atoms. The van der Waals surface area contributed by atoms with E-state index in [0.29, 0.717) is 6.42 Å². The molecular formula is C15H16F3N3O. The Hall–Kier alpha value is -2.31. The maximum absolute atomic E-state index is 13.6. The van der Waals surface area contributed by atoms with Gasteiger partial charge < -0.3 is 5.32 Å². The molecule has 0 saturated carbocycles. The fourth-order valence-electron chi connectivity index (χ4n) is 2.23. The Morgan fingerprint density at radius 1 is 1.27 bits per heavy atom. The van der Waals surface area contributed by atoms with E-state index in [9.17, 15) is 18.0 Å². The zero-order chi connectivity index (χ0) is 16.3. The number of benzene rings is 1. The van der Waals surface area contributed by atoms with Crippen molar-refractivity contribution in [2.75, 3.05) is 0 Å². The summed E-state index contributed by atoms with van der Waals surface area (Å²) in [6.07, 6.45) is 1.86. The lowest BCUT2D eigenvalue weighted by atomic mass is 10.1. The van der Waals surface area contributed by atoms with Gasteiger partial charge in [0.1, 0.15) is 0 Å². The standard InChI is InChI=1S/C15H16F3N3O/c1-3-11(12-6-7-19-21(12)2)20-13(22)8-9-4-5-10(16)15(18)14(9)17/h4-7,11H,3,8H2,1-2H3,(H,20,22)/t11-/m0/s1. The molecule has 1 atom stereocenters. The SMILES string of the molecule is CC[C@H](NC(=O)Cc1ccc(F)c(F)c1F)c1ccnn1C. The second-order valence-corrected chi connectivity index (χ2v) is 4.92. The normalized spacial score (nSPS) is 12.2. The van der Waals surface area contributed by atoms with Crippen molar-refractivity contribution in [2.45, 2.75) is 25.8 Å². The zero-order valence-corrected chi connectivity index (χ0v) is 12.2. The van der Waals surface area contributed by atoms with Gasteiger partial charge in [0.25, 0.3) is 0 Å². The predicted molar refractivity (Wildman–Crippen MR) is 74.4 cm³/mol. The summed E-state index contributed by atoms with van der Waals surface area (Å²) in [5.41, 5.74) is 0.623. The summed E-state index contributed by atoms with van der Waals surface area (Å²) in [5.74, 6) is -4.64.